The summed E-state index contributed by atoms with van der Waals surface area (Å²) in [6, 6.07) is 9.37. The number of rotatable bonds is 6. The Labute approximate surface area is 129 Å². The van der Waals surface area contributed by atoms with Crippen molar-refractivity contribution in [3.63, 3.8) is 0 Å². The zero-order valence-corrected chi connectivity index (χ0v) is 13.0. The van der Waals surface area contributed by atoms with E-state index in [2.05, 4.69) is 5.32 Å². The largest absolute Gasteiger partial charge is 0.468 e. The molecule has 0 saturated heterocycles. The molecule has 22 heavy (non-hydrogen) atoms. The minimum absolute atomic E-state index is 0.0779. The van der Waals surface area contributed by atoms with E-state index >= 15 is 0 Å². The van der Waals surface area contributed by atoms with Crippen LogP contribution >= 0.6 is 0 Å². The maximum atomic E-state index is 12.9. The molecule has 0 aliphatic carbocycles. The lowest BCUT2D eigenvalue weighted by molar-refractivity contribution is -0.126. The highest BCUT2D eigenvalue weighted by molar-refractivity contribution is 5.81. The predicted molar refractivity (Wildman–Crippen MR) is 82.6 cm³/mol. The summed E-state index contributed by atoms with van der Waals surface area (Å²) >= 11 is 0. The third kappa shape index (κ3) is 4.18. The lowest BCUT2D eigenvalue weighted by atomic mass is 10.1. The summed E-state index contributed by atoms with van der Waals surface area (Å²) in [4.78, 5) is 14.2. The van der Waals surface area contributed by atoms with Crippen molar-refractivity contribution in [3.05, 3.63) is 59.8 Å². The van der Waals surface area contributed by atoms with E-state index < -0.39 is 0 Å². The van der Waals surface area contributed by atoms with Crippen molar-refractivity contribution in [1.82, 2.24) is 10.2 Å². The maximum absolute atomic E-state index is 12.9. The number of halogens is 1. The zero-order chi connectivity index (χ0) is 16.1. The third-order valence-corrected chi connectivity index (χ3v) is 3.75. The molecule has 0 unspecified atom stereocenters. The number of amides is 1. The van der Waals surface area contributed by atoms with Crippen molar-refractivity contribution in [1.29, 1.82) is 0 Å². The van der Waals surface area contributed by atoms with E-state index in [1.165, 1.54) is 12.1 Å². The van der Waals surface area contributed by atoms with Gasteiger partial charge in [0.15, 0.2) is 0 Å². The minimum Gasteiger partial charge on any atom is -0.468 e. The Morgan fingerprint density at radius 3 is 2.55 bits per heavy atom. The van der Waals surface area contributed by atoms with Crippen LogP contribution in [0.5, 0.6) is 0 Å². The SMILES string of the molecule is C[C@H](NC(=O)[C@H](C)N(C)Cc1ccco1)c1ccc(F)cc1. The molecule has 2 atom stereocenters. The Morgan fingerprint density at radius 2 is 1.95 bits per heavy atom. The van der Waals surface area contributed by atoms with E-state index in [9.17, 15) is 9.18 Å². The monoisotopic (exact) mass is 304 g/mol. The molecule has 0 aliphatic heterocycles. The van der Waals surface area contributed by atoms with Gasteiger partial charge in [-0.05, 0) is 50.7 Å². The normalized spacial score (nSPS) is 13.9. The van der Waals surface area contributed by atoms with E-state index in [0.29, 0.717) is 6.54 Å². The average Bonchev–Trinajstić information content (AvgIpc) is 2.99. The summed E-state index contributed by atoms with van der Waals surface area (Å²) in [5.41, 5.74) is 0.871. The third-order valence-electron chi connectivity index (χ3n) is 3.75. The van der Waals surface area contributed by atoms with Gasteiger partial charge in [-0.2, -0.15) is 0 Å². The van der Waals surface area contributed by atoms with Gasteiger partial charge in [0.05, 0.1) is 24.9 Å². The first-order valence-electron chi connectivity index (χ1n) is 7.26. The van der Waals surface area contributed by atoms with Gasteiger partial charge in [-0.1, -0.05) is 12.1 Å². The van der Waals surface area contributed by atoms with Crippen LogP contribution in [0.2, 0.25) is 0 Å². The van der Waals surface area contributed by atoms with Gasteiger partial charge in [0.25, 0.3) is 0 Å². The molecular weight excluding hydrogens is 283 g/mol. The van der Waals surface area contributed by atoms with Crippen LogP contribution in [0.15, 0.2) is 47.1 Å². The fourth-order valence-corrected chi connectivity index (χ4v) is 2.15. The topological polar surface area (TPSA) is 45.5 Å². The molecule has 0 saturated carbocycles. The highest BCUT2D eigenvalue weighted by Gasteiger charge is 2.20. The predicted octanol–water partition coefficient (Wildman–Crippen LogP) is 3.12. The van der Waals surface area contributed by atoms with Crippen molar-refractivity contribution < 1.29 is 13.6 Å². The molecule has 1 amide bonds. The summed E-state index contributed by atoms with van der Waals surface area (Å²) in [6.07, 6.45) is 1.62. The summed E-state index contributed by atoms with van der Waals surface area (Å²) in [5, 5.41) is 2.94. The molecule has 0 fully saturated rings. The molecular formula is C17H21FN2O2. The maximum Gasteiger partial charge on any atom is 0.237 e. The van der Waals surface area contributed by atoms with E-state index in [1.54, 1.807) is 18.4 Å². The Hall–Kier alpha value is -2.14. The van der Waals surface area contributed by atoms with E-state index in [0.717, 1.165) is 11.3 Å². The standard InChI is InChI=1S/C17H21FN2O2/c1-12(14-6-8-15(18)9-7-14)19-17(21)13(2)20(3)11-16-5-4-10-22-16/h4-10,12-13H,11H2,1-3H3,(H,19,21)/t12-,13-/m0/s1. The van der Waals surface area contributed by atoms with E-state index in [4.69, 9.17) is 4.42 Å². The zero-order valence-electron chi connectivity index (χ0n) is 13.0. The summed E-state index contributed by atoms with van der Waals surface area (Å²) in [6.45, 7) is 4.28. The number of hydrogen-bond acceptors (Lipinski definition) is 3. The number of hydrogen-bond donors (Lipinski definition) is 1. The molecule has 1 aromatic carbocycles. The fraction of sp³-hybridized carbons (Fsp3) is 0.353. The van der Waals surface area contributed by atoms with Crippen LogP contribution in [0.1, 0.15) is 31.2 Å². The van der Waals surface area contributed by atoms with Crippen molar-refractivity contribution in [2.75, 3.05) is 7.05 Å². The van der Waals surface area contributed by atoms with Crippen LogP contribution in [0, 0.1) is 5.82 Å². The highest BCUT2D eigenvalue weighted by Crippen LogP contribution is 2.14. The number of nitrogens with zero attached hydrogens (tertiary/aromatic N) is 1. The second-order valence-corrected chi connectivity index (χ2v) is 5.45. The fourth-order valence-electron chi connectivity index (χ4n) is 2.15. The van der Waals surface area contributed by atoms with Gasteiger partial charge >= 0.3 is 0 Å². The van der Waals surface area contributed by atoms with Gasteiger partial charge in [-0.25, -0.2) is 4.39 Å². The Balaban J connectivity index is 1.91. The number of furan rings is 1. The van der Waals surface area contributed by atoms with Gasteiger partial charge < -0.3 is 9.73 Å². The van der Waals surface area contributed by atoms with Crippen LogP contribution in [0.3, 0.4) is 0 Å². The van der Waals surface area contributed by atoms with Crippen molar-refractivity contribution >= 4 is 5.91 Å². The smallest absolute Gasteiger partial charge is 0.237 e. The van der Waals surface area contributed by atoms with Crippen molar-refractivity contribution in [2.24, 2.45) is 0 Å². The summed E-state index contributed by atoms with van der Waals surface area (Å²) in [7, 11) is 1.87. The van der Waals surface area contributed by atoms with E-state index in [1.807, 2.05) is 37.9 Å². The molecule has 0 bridgehead atoms. The quantitative estimate of drug-likeness (QED) is 0.892. The molecule has 1 heterocycles. The summed E-state index contributed by atoms with van der Waals surface area (Å²) in [5.74, 6) is 0.452. The molecule has 0 aliphatic rings. The molecule has 2 aromatic rings. The molecule has 1 aromatic heterocycles. The highest BCUT2D eigenvalue weighted by atomic mass is 19.1. The van der Waals surface area contributed by atoms with Crippen LogP contribution in [-0.4, -0.2) is 23.9 Å². The second-order valence-electron chi connectivity index (χ2n) is 5.45. The minimum atomic E-state index is -0.298. The Kier molecular flexibility index (Phi) is 5.33. The number of benzene rings is 1. The Morgan fingerprint density at radius 1 is 1.27 bits per heavy atom. The summed E-state index contributed by atoms with van der Waals surface area (Å²) < 4.78 is 18.2. The molecule has 118 valence electrons. The van der Waals surface area contributed by atoms with Gasteiger partial charge in [0.1, 0.15) is 11.6 Å². The van der Waals surface area contributed by atoms with Gasteiger partial charge in [0.2, 0.25) is 5.91 Å². The molecule has 2 rings (SSSR count). The Bertz CT molecular complexity index is 596. The van der Waals surface area contributed by atoms with Crippen LogP contribution in [-0.2, 0) is 11.3 Å². The molecule has 0 radical (unpaired) electrons. The number of nitrogens with one attached hydrogen (secondary N) is 1. The first kappa shape index (κ1) is 16.2. The first-order valence-corrected chi connectivity index (χ1v) is 7.26. The van der Waals surface area contributed by atoms with Gasteiger partial charge in [-0.3, -0.25) is 9.69 Å². The van der Waals surface area contributed by atoms with Gasteiger partial charge in [-0.15, -0.1) is 0 Å². The average molecular weight is 304 g/mol. The second kappa shape index (κ2) is 7.22. The van der Waals surface area contributed by atoms with Crippen LogP contribution in [0.25, 0.3) is 0 Å². The van der Waals surface area contributed by atoms with Gasteiger partial charge in [0, 0.05) is 0 Å². The van der Waals surface area contributed by atoms with Crippen molar-refractivity contribution in [3.8, 4) is 0 Å². The number of carbonyl (C=O) groups excluding carboxylic acids is 1. The lowest BCUT2D eigenvalue weighted by Crippen LogP contribution is -2.43. The lowest BCUT2D eigenvalue weighted by Gasteiger charge is -2.25. The molecule has 0 spiro atoms. The van der Waals surface area contributed by atoms with Crippen molar-refractivity contribution in [2.45, 2.75) is 32.5 Å². The van der Waals surface area contributed by atoms with Crippen LogP contribution < -0.4 is 5.32 Å². The molecule has 5 heteroatoms. The number of carbonyl (C=O) groups is 1. The molecule has 1 N–H and O–H groups in total. The first-order chi connectivity index (χ1) is 10.5. The van der Waals surface area contributed by atoms with E-state index in [-0.39, 0.29) is 23.8 Å². The molecule has 4 nitrogen and oxygen atoms in total. The van der Waals surface area contributed by atoms with Crippen LogP contribution in [0.4, 0.5) is 4.39 Å². The number of likely N-dealkylation sites (N-methyl/N-ethyl adjacent to an activating group) is 1.